The van der Waals surface area contributed by atoms with Crippen LogP contribution in [-0.2, 0) is 20.8 Å². The molecular weight excluding hydrogens is 382 g/mol. The van der Waals surface area contributed by atoms with E-state index >= 15 is 0 Å². The Hall–Kier alpha value is -3.19. The molecule has 0 fully saturated rings. The second-order valence-electron chi connectivity index (χ2n) is 7.44. The van der Waals surface area contributed by atoms with E-state index in [9.17, 15) is 14.4 Å². The van der Waals surface area contributed by atoms with E-state index in [1.165, 1.54) is 4.90 Å². The number of carbonyl (C=O) groups is 3. The normalized spacial score (nSPS) is 11.6. The summed E-state index contributed by atoms with van der Waals surface area (Å²) in [6, 6.07) is 17.9. The summed E-state index contributed by atoms with van der Waals surface area (Å²) in [5, 5.41) is 11.8. The van der Waals surface area contributed by atoms with Crippen LogP contribution in [0, 0.1) is 5.92 Å². The van der Waals surface area contributed by atoms with Crippen molar-refractivity contribution < 1.29 is 19.6 Å². The summed E-state index contributed by atoms with van der Waals surface area (Å²) in [6.45, 7) is 3.23. The fraction of sp³-hybridized carbons (Fsp3) is 0.348. The topological polar surface area (TPSA) is 98.7 Å². The summed E-state index contributed by atoms with van der Waals surface area (Å²) in [5.74, 6) is -1.67. The third kappa shape index (κ3) is 7.00. The molecule has 2 aromatic rings. The molecule has 3 N–H and O–H groups in total. The molecule has 1 atom stereocenters. The van der Waals surface area contributed by atoms with Gasteiger partial charge in [0.15, 0.2) is 0 Å². The molecule has 0 aliphatic carbocycles. The second kappa shape index (κ2) is 11.7. The molecule has 7 heteroatoms. The largest absolute Gasteiger partial charge is 0.324 e. The third-order valence-electron chi connectivity index (χ3n) is 4.74. The van der Waals surface area contributed by atoms with E-state index in [1.54, 1.807) is 29.7 Å². The number of para-hydroxylation sites is 1. The average Bonchev–Trinajstić information content (AvgIpc) is 2.74. The molecule has 0 aliphatic rings. The minimum absolute atomic E-state index is 0.190. The number of benzene rings is 2. The molecule has 160 valence electrons. The first kappa shape index (κ1) is 23.1. The molecule has 0 aromatic heterocycles. The van der Waals surface area contributed by atoms with Gasteiger partial charge in [-0.3, -0.25) is 19.6 Å². The fourth-order valence-corrected chi connectivity index (χ4v) is 3.31. The van der Waals surface area contributed by atoms with Gasteiger partial charge in [0, 0.05) is 12.1 Å². The Kier molecular flexibility index (Phi) is 9.03. The van der Waals surface area contributed by atoms with Crippen molar-refractivity contribution in [3.8, 4) is 0 Å². The van der Waals surface area contributed by atoms with E-state index < -0.39 is 18.5 Å². The van der Waals surface area contributed by atoms with E-state index in [1.807, 2.05) is 50.2 Å². The summed E-state index contributed by atoms with van der Waals surface area (Å²) in [4.78, 5) is 39.0. The molecule has 0 bridgehead atoms. The Balaban J connectivity index is 2.12. The van der Waals surface area contributed by atoms with Gasteiger partial charge in [0.2, 0.25) is 11.8 Å². The molecule has 0 saturated carbocycles. The van der Waals surface area contributed by atoms with Crippen molar-refractivity contribution in [2.75, 3.05) is 11.9 Å². The molecule has 1 unspecified atom stereocenters. The number of nitrogens with zero attached hydrogens (tertiary/aromatic N) is 1. The Morgan fingerprint density at radius 3 is 2.13 bits per heavy atom. The maximum Gasteiger partial charge on any atom is 0.262 e. The van der Waals surface area contributed by atoms with E-state index in [2.05, 4.69) is 5.32 Å². The Labute approximate surface area is 177 Å². The summed E-state index contributed by atoms with van der Waals surface area (Å²) < 4.78 is 0. The van der Waals surface area contributed by atoms with Gasteiger partial charge in [0.25, 0.3) is 5.91 Å². The fourth-order valence-electron chi connectivity index (χ4n) is 3.31. The molecule has 2 rings (SSSR count). The van der Waals surface area contributed by atoms with Gasteiger partial charge in [-0.2, -0.15) is 0 Å². The summed E-state index contributed by atoms with van der Waals surface area (Å²) in [7, 11) is 0. The number of aryl methyl sites for hydroxylation is 1. The number of rotatable bonds is 10. The number of amides is 3. The predicted molar refractivity (Wildman–Crippen MR) is 115 cm³/mol. The average molecular weight is 412 g/mol. The zero-order valence-electron chi connectivity index (χ0n) is 17.4. The van der Waals surface area contributed by atoms with Crippen molar-refractivity contribution >= 4 is 23.4 Å². The summed E-state index contributed by atoms with van der Waals surface area (Å²) >= 11 is 0. The standard InChI is InChI=1S/C23H29N3O4/c1-17(2)22(23(29)24-19-13-7-4-8-14-19)26(16-20(27)25-30)21(28)15-9-12-18-10-5-3-6-11-18/h3-8,10-11,13-14,17,22,30H,9,12,15-16H2,1-2H3,(H,24,29)(H,25,27). The van der Waals surface area contributed by atoms with Gasteiger partial charge >= 0.3 is 0 Å². The van der Waals surface area contributed by atoms with E-state index in [4.69, 9.17) is 5.21 Å². The Bertz CT molecular complexity index is 825. The Morgan fingerprint density at radius 1 is 0.967 bits per heavy atom. The van der Waals surface area contributed by atoms with Gasteiger partial charge < -0.3 is 10.2 Å². The molecule has 0 aliphatic heterocycles. The van der Waals surface area contributed by atoms with Crippen LogP contribution in [-0.4, -0.2) is 40.4 Å². The van der Waals surface area contributed by atoms with Gasteiger partial charge in [-0.15, -0.1) is 0 Å². The summed E-state index contributed by atoms with van der Waals surface area (Å²) in [5.41, 5.74) is 3.28. The molecule has 0 radical (unpaired) electrons. The monoisotopic (exact) mass is 411 g/mol. The highest BCUT2D eigenvalue weighted by Gasteiger charge is 2.33. The van der Waals surface area contributed by atoms with Crippen LogP contribution in [0.25, 0.3) is 0 Å². The number of carbonyl (C=O) groups excluding carboxylic acids is 3. The van der Waals surface area contributed by atoms with Gasteiger partial charge in [-0.25, -0.2) is 5.48 Å². The maximum atomic E-state index is 13.0. The Morgan fingerprint density at radius 2 is 1.57 bits per heavy atom. The quantitative estimate of drug-likeness (QED) is 0.413. The first-order valence-corrected chi connectivity index (χ1v) is 10.0. The third-order valence-corrected chi connectivity index (χ3v) is 4.74. The number of hydroxylamine groups is 1. The summed E-state index contributed by atoms with van der Waals surface area (Å²) in [6.07, 6.45) is 1.50. The van der Waals surface area contributed by atoms with E-state index in [0.717, 1.165) is 12.0 Å². The first-order chi connectivity index (χ1) is 14.4. The number of anilines is 1. The zero-order valence-corrected chi connectivity index (χ0v) is 17.4. The van der Waals surface area contributed by atoms with Crippen LogP contribution in [0.1, 0.15) is 32.3 Å². The van der Waals surface area contributed by atoms with Gasteiger partial charge in [0.05, 0.1) is 0 Å². The lowest BCUT2D eigenvalue weighted by Gasteiger charge is -2.33. The molecule has 3 amide bonds. The minimum Gasteiger partial charge on any atom is -0.324 e. The highest BCUT2D eigenvalue weighted by Crippen LogP contribution is 2.17. The van der Waals surface area contributed by atoms with Crippen LogP contribution < -0.4 is 10.8 Å². The minimum atomic E-state index is -0.855. The number of hydrogen-bond donors (Lipinski definition) is 3. The molecule has 0 heterocycles. The smallest absolute Gasteiger partial charge is 0.262 e. The molecule has 2 aromatic carbocycles. The lowest BCUT2D eigenvalue weighted by atomic mass is 10.00. The maximum absolute atomic E-state index is 13.0. The van der Waals surface area contributed by atoms with Crippen molar-refractivity contribution in [1.29, 1.82) is 0 Å². The molecule has 7 nitrogen and oxygen atoms in total. The second-order valence-corrected chi connectivity index (χ2v) is 7.44. The van der Waals surface area contributed by atoms with E-state index in [-0.39, 0.29) is 24.2 Å². The first-order valence-electron chi connectivity index (χ1n) is 10.0. The lowest BCUT2D eigenvalue weighted by molar-refractivity contribution is -0.145. The lowest BCUT2D eigenvalue weighted by Crippen LogP contribution is -2.53. The molecule has 0 saturated heterocycles. The highest BCUT2D eigenvalue weighted by molar-refractivity contribution is 5.98. The van der Waals surface area contributed by atoms with Crippen molar-refractivity contribution in [3.63, 3.8) is 0 Å². The van der Waals surface area contributed by atoms with Crippen LogP contribution in [0.5, 0.6) is 0 Å². The van der Waals surface area contributed by atoms with Gasteiger partial charge in [-0.05, 0) is 36.5 Å². The predicted octanol–water partition coefficient (Wildman–Crippen LogP) is 3.01. The number of nitrogens with one attached hydrogen (secondary N) is 2. The van der Waals surface area contributed by atoms with Crippen molar-refractivity contribution in [2.24, 2.45) is 5.92 Å². The van der Waals surface area contributed by atoms with Crippen LogP contribution in [0.2, 0.25) is 0 Å². The van der Waals surface area contributed by atoms with Crippen LogP contribution >= 0.6 is 0 Å². The SMILES string of the molecule is CC(C)C(C(=O)Nc1ccccc1)N(CC(=O)NO)C(=O)CCCc1ccccc1. The highest BCUT2D eigenvalue weighted by atomic mass is 16.5. The van der Waals surface area contributed by atoms with Crippen LogP contribution in [0.4, 0.5) is 5.69 Å². The molecule has 30 heavy (non-hydrogen) atoms. The van der Waals surface area contributed by atoms with Gasteiger partial charge in [0.1, 0.15) is 12.6 Å². The van der Waals surface area contributed by atoms with Gasteiger partial charge in [-0.1, -0.05) is 62.4 Å². The van der Waals surface area contributed by atoms with E-state index in [0.29, 0.717) is 12.1 Å². The van der Waals surface area contributed by atoms with Crippen molar-refractivity contribution in [1.82, 2.24) is 10.4 Å². The number of hydrogen-bond acceptors (Lipinski definition) is 4. The zero-order chi connectivity index (χ0) is 21.9. The van der Waals surface area contributed by atoms with Crippen molar-refractivity contribution in [2.45, 2.75) is 39.2 Å². The van der Waals surface area contributed by atoms with Crippen LogP contribution in [0.15, 0.2) is 60.7 Å². The molecule has 0 spiro atoms. The van der Waals surface area contributed by atoms with Crippen LogP contribution in [0.3, 0.4) is 0 Å². The van der Waals surface area contributed by atoms with Crippen molar-refractivity contribution in [3.05, 3.63) is 66.2 Å². The molecular formula is C23H29N3O4.